The molecule has 0 radical (unpaired) electrons. The Bertz CT molecular complexity index is 626. The molecule has 3 aliphatic rings. The Morgan fingerprint density at radius 2 is 2.00 bits per heavy atom. The van der Waals surface area contributed by atoms with Crippen LogP contribution in [-0.2, 0) is 9.47 Å². The van der Waals surface area contributed by atoms with Gasteiger partial charge in [0.2, 0.25) is 0 Å². The van der Waals surface area contributed by atoms with Crippen LogP contribution in [0.4, 0.5) is 0 Å². The first-order valence-corrected chi connectivity index (χ1v) is 8.55. The fourth-order valence-corrected chi connectivity index (χ4v) is 3.68. The van der Waals surface area contributed by atoms with Gasteiger partial charge in [0, 0.05) is 32.1 Å². The minimum absolute atomic E-state index is 0.0133. The predicted octanol–water partition coefficient (Wildman–Crippen LogP) is 1.87. The highest BCUT2D eigenvalue weighted by molar-refractivity contribution is 5.95. The molecule has 1 spiro atoms. The van der Waals surface area contributed by atoms with Gasteiger partial charge in [-0.15, -0.1) is 0 Å². The van der Waals surface area contributed by atoms with E-state index < -0.39 is 0 Å². The first-order valence-electron chi connectivity index (χ1n) is 8.55. The molecule has 1 aromatic rings. The number of methoxy groups -OCH3 is 1. The molecule has 4 rings (SSSR count). The van der Waals surface area contributed by atoms with Crippen LogP contribution >= 0.6 is 0 Å². The Morgan fingerprint density at radius 1 is 1.21 bits per heavy atom. The summed E-state index contributed by atoms with van der Waals surface area (Å²) >= 11 is 0. The first kappa shape index (κ1) is 15.7. The van der Waals surface area contributed by atoms with Crippen LogP contribution in [0, 0.1) is 0 Å². The second-order valence-electron chi connectivity index (χ2n) is 6.76. The molecule has 3 aliphatic heterocycles. The van der Waals surface area contributed by atoms with Gasteiger partial charge >= 0.3 is 0 Å². The van der Waals surface area contributed by atoms with Crippen molar-refractivity contribution in [2.45, 2.75) is 31.0 Å². The van der Waals surface area contributed by atoms with Crippen molar-refractivity contribution in [3.05, 3.63) is 23.8 Å². The lowest BCUT2D eigenvalue weighted by Crippen LogP contribution is -2.67. The number of fused-ring (bicyclic) bond motifs is 1. The van der Waals surface area contributed by atoms with Gasteiger partial charge in [-0.1, -0.05) is 0 Å². The summed E-state index contributed by atoms with van der Waals surface area (Å²) in [6.45, 7) is 3.21. The molecular formula is C18H23NO5. The number of hydrogen-bond acceptors (Lipinski definition) is 5. The van der Waals surface area contributed by atoms with E-state index in [0.29, 0.717) is 50.0 Å². The number of rotatable bonds is 2. The molecule has 1 aromatic carbocycles. The van der Waals surface area contributed by atoms with Gasteiger partial charge in [0.1, 0.15) is 5.60 Å². The Kier molecular flexibility index (Phi) is 4.10. The summed E-state index contributed by atoms with van der Waals surface area (Å²) in [5, 5.41) is 0. The maximum Gasteiger partial charge on any atom is 0.254 e. The van der Waals surface area contributed by atoms with Gasteiger partial charge in [0.25, 0.3) is 5.91 Å². The van der Waals surface area contributed by atoms with Crippen LogP contribution < -0.4 is 9.47 Å². The quantitative estimate of drug-likeness (QED) is 0.827. The van der Waals surface area contributed by atoms with Crippen molar-refractivity contribution in [1.82, 2.24) is 4.90 Å². The number of amides is 1. The van der Waals surface area contributed by atoms with Crippen LogP contribution in [0.2, 0.25) is 0 Å². The Morgan fingerprint density at radius 3 is 2.79 bits per heavy atom. The van der Waals surface area contributed by atoms with E-state index in [9.17, 15) is 4.79 Å². The fourth-order valence-electron chi connectivity index (χ4n) is 3.68. The minimum Gasteiger partial charge on any atom is -0.490 e. The highest BCUT2D eigenvalue weighted by atomic mass is 16.5. The number of hydrogen-bond donors (Lipinski definition) is 0. The van der Waals surface area contributed by atoms with Gasteiger partial charge in [-0.2, -0.15) is 0 Å². The summed E-state index contributed by atoms with van der Waals surface area (Å²) in [6.07, 6.45) is 2.86. The average Bonchev–Trinajstić information content (AvgIpc) is 2.83. The number of carbonyl (C=O) groups is 1. The third kappa shape index (κ3) is 2.84. The standard InChI is InChI=1S/C18H23NO5/c1-21-14-5-8-24-18(10-14)11-19(12-18)17(20)13-3-4-15-16(9-13)23-7-2-6-22-15/h3-4,9,14H,2,5-8,10-12H2,1H3/t14-/m1/s1. The molecule has 2 saturated heterocycles. The van der Waals surface area contributed by atoms with Crippen LogP contribution in [0.5, 0.6) is 11.5 Å². The van der Waals surface area contributed by atoms with Gasteiger partial charge in [-0.05, 0) is 24.6 Å². The predicted molar refractivity (Wildman–Crippen MR) is 86.7 cm³/mol. The topological polar surface area (TPSA) is 57.2 Å². The highest BCUT2D eigenvalue weighted by Gasteiger charge is 2.49. The lowest BCUT2D eigenvalue weighted by molar-refractivity contribution is -0.181. The number of carbonyl (C=O) groups excluding carboxylic acids is 1. The molecule has 6 heteroatoms. The van der Waals surface area contributed by atoms with Crippen LogP contribution in [0.15, 0.2) is 18.2 Å². The molecule has 130 valence electrons. The zero-order valence-electron chi connectivity index (χ0n) is 14.0. The zero-order chi connectivity index (χ0) is 16.6. The van der Waals surface area contributed by atoms with Crippen LogP contribution in [0.3, 0.4) is 0 Å². The van der Waals surface area contributed by atoms with Gasteiger partial charge in [-0.3, -0.25) is 4.79 Å². The van der Waals surface area contributed by atoms with Crippen molar-refractivity contribution >= 4 is 5.91 Å². The van der Waals surface area contributed by atoms with E-state index in [1.165, 1.54) is 0 Å². The first-order chi connectivity index (χ1) is 11.7. The van der Waals surface area contributed by atoms with Gasteiger partial charge in [0.05, 0.1) is 32.4 Å². The van der Waals surface area contributed by atoms with E-state index in [1.54, 1.807) is 19.2 Å². The summed E-state index contributed by atoms with van der Waals surface area (Å²) < 4.78 is 22.7. The second-order valence-corrected chi connectivity index (χ2v) is 6.76. The van der Waals surface area contributed by atoms with Crippen LogP contribution in [0.25, 0.3) is 0 Å². The molecule has 0 aliphatic carbocycles. The maximum atomic E-state index is 12.7. The highest BCUT2D eigenvalue weighted by Crippen LogP contribution is 2.37. The summed E-state index contributed by atoms with van der Waals surface area (Å²) in [5.41, 5.74) is 0.410. The van der Waals surface area contributed by atoms with Crippen molar-refractivity contribution in [3.8, 4) is 11.5 Å². The van der Waals surface area contributed by atoms with Gasteiger partial charge in [0.15, 0.2) is 11.5 Å². The van der Waals surface area contributed by atoms with Crippen LogP contribution in [-0.4, -0.2) is 62.5 Å². The fraction of sp³-hybridized carbons (Fsp3) is 0.611. The smallest absolute Gasteiger partial charge is 0.254 e. The Labute approximate surface area is 141 Å². The molecule has 0 unspecified atom stereocenters. The molecule has 24 heavy (non-hydrogen) atoms. The lowest BCUT2D eigenvalue weighted by Gasteiger charge is -2.52. The number of benzene rings is 1. The van der Waals surface area contributed by atoms with E-state index in [4.69, 9.17) is 18.9 Å². The van der Waals surface area contributed by atoms with Gasteiger partial charge < -0.3 is 23.8 Å². The van der Waals surface area contributed by atoms with E-state index in [2.05, 4.69) is 0 Å². The monoisotopic (exact) mass is 333 g/mol. The average molecular weight is 333 g/mol. The third-order valence-corrected chi connectivity index (χ3v) is 5.02. The van der Waals surface area contributed by atoms with Crippen molar-refractivity contribution in [2.75, 3.05) is 40.0 Å². The van der Waals surface area contributed by atoms with Crippen molar-refractivity contribution in [3.63, 3.8) is 0 Å². The summed E-state index contributed by atoms with van der Waals surface area (Å²) in [5.74, 6) is 1.38. The van der Waals surface area contributed by atoms with E-state index >= 15 is 0 Å². The Balaban J connectivity index is 1.43. The van der Waals surface area contributed by atoms with E-state index in [0.717, 1.165) is 19.3 Å². The molecule has 0 aromatic heterocycles. The molecule has 6 nitrogen and oxygen atoms in total. The molecule has 0 bridgehead atoms. The largest absolute Gasteiger partial charge is 0.490 e. The van der Waals surface area contributed by atoms with Crippen molar-refractivity contribution in [1.29, 1.82) is 0 Å². The molecule has 1 atom stereocenters. The molecule has 0 N–H and O–H groups in total. The van der Waals surface area contributed by atoms with E-state index in [-0.39, 0.29) is 17.6 Å². The maximum absolute atomic E-state index is 12.7. The molecular weight excluding hydrogens is 310 g/mol. The van der Waals surface area contributed by atoms with Crippen LogP contribution in [0.1, 0.15) is 29.6 Å². The zero-order valence-corrected chi connectivity index (χ0v) is 14.0. The normalized spacial score (nSPS) is 25.0. The van der Waals surface area contributed by atoms with Crippen molar-refractivity contribution < 1.29 is 23.7 Å². The molecule has 2 fully saturated rings. The summed E-state index contributed by atoms with van der Waals surface area (Å²) in [6, 6.07) is 5.41. The molecule has 1 amide bonds. The third-order valence-electron chi connectivity index (χ3n) is 5.02. The SMILES string of the molecule is CO[C@@H]1CCOC2(C1)CN(C(=O)c1ccc3c(c1)OCCCO3)C2. The number of ether oxygens (including phenoxy) is 4. The summed E-state index contributed by atoms with van der Waals surface area (Å²) in [4.78, 5) is 14.5. The van der Waals surface area contributed by atoms with E-state index in [1.807, 2.05) is 11.0 Å². The van der Waals surface area contributed by atoms with Gasteiger partial charge in [-0.25, -0.2) is 0 Å². The second kappa shape index (κ2) is 6.26. The van der Waals surface area contributed by atoms with Crippen molar-refractivity contribution in [2.24, 2.45) is 0 Å². The molecule has 0 saturated carbocycles. The number of nitrogens with zero attached hydrogens (tertiary/aromatic N) is 1. The minimum atomic E-state index is -0.222. The summed E-state index contributed by atoms with van der Waals surface area (Å²) in [7, 11) is 1.74. The molecule has 3 heterocycles. The number of likely N-dealkylation sites (tertiary alicyclic amines) is 1. The lowest BCUT2D eigenvalue weighted by atomic mass is 9.84. The Hall–Kier alpha value is -1.79.